The summed E-state index contributed by atoms with van der Waals surface area (Å²) in [5.74, 6) is 1.42. The molecule has 1 atom stereocenters. The first kappa shape index (κ1) is 36.3. The highest BCUT2D eigenvalue weighted by molar-refractivity contribution is 5.67. The van der Waals surface area contributed by atoms with Crippen LogP contribution in [0.2, 0.25) is 0 Å². The number of allylic oxidation sites excluding steroid dienone is 2. The third-order valence-corrected chi connectivity index (χ3v) is 10.5. The molecule has 11 heteroatoms. The molecule has 5 rings (SSSR count). The van der Waals surface area contributed by atoms with E-state index in [0.29, 0.717) is 31.5 Å². The van der Waals surface area contributed by atoms with Crippen LogP contribution in [-0.2, 0) is 35.0 Å². The predicted octanol–water partition coefficient (Wildman–Crippen LogP) is 5.59. The van der Waals surface area contributed by atoms with Gasteiger partial charge in [0.2, 0.25) is 0 Å². The Morgan fingerprint density at radius 2 is 1.66 bits per heavy atom. The molecular weight excluding hydrogens is 600 g/mol. The van der Waals surface area contributed by atoms with E-state index >= 15 is 0 Å². The van der Waals surface area contributed by atoms with Crippen LogP contribution < -0.4 is 5.32 Å². The second-order valence-corrected chi connectivity index (χ2v) is 14.2. The van der Waals surface area contributed by atoms with Gasteiger partial charge in [-0.3, -0.25) is 4.90 Å². The number of amides is 1. The van der Waals surface area contributed by atoms with Crippen molar-refractivity contribution < 1.29 is 33.2 Å². The molecular formula is C36H60N4O7. The standard InChI is InChI=1S/C36H60N4O7/c1-37-35(41)47-24-16-39(2)25-32-26-40(33-5-3-4-17-46-33)38-34(32)31-6-14-36(15-7-31,27-44-22-12-29-8-18-42-19-9-29)28-45-23-13-30-10-20-43-21-11-30/h6,26,29-30,33H,3-5,7-25,27-28H2,1-2H3,(H,37,41). The van der Waals surface area contributed by atoms with E-state index in [0.717, 1.165) is 142 Å². The highest BCUT2D eigenvalue weighted by atomic mass is 16.5. The van der Waals surface area contributed by atoms with Crippen molar-refractivity contribution >= 4 is 11.7 Å². The molecule has 47 heavy (non-hydrogen) atoms. The Bertz CT molecular complexity index is 1070. The van der Waals surface area contributed by atoms with E-state index in [1.165, 1.54) is 11.1 Å². The minimum absolute atomic E-state index is 0.0188. The minimum atomic E-state index is -0.405. The largest absolute Gasteiger partial charge is 0.448 e. The number of ether oxygens (including phenoxy) is 6. The molecule has 1 aliphatic carbocycles. The summed E-state index contributed by atoms with van der Waals surface area (Å²) in [5.41, 5.74) is 3.51. The Morgan fingerprint density at radius 1 is 0.979 bits per heavy atom. The fourth-order valence-electron chi connectivity index (χ4n) is 7.24. The normalized spacial score (nSPS) is 22.7. The van der Waals surface area contributed by atoms with Crippen LogP contribution in [0.3, 0.4) is 0 Å². The van der Waals surface area contributed by atoms with E-state index in [1.54, 1.807) is 7.05 Å². The lowest BCUT2D eigenvalue weighted by Crippen LogP contribution is -2.35. The molecule has 1 aromatic rings. The number of carbonyl (C=O) groups is 1. The zero-order chi connectivity index (χ0) is 32.7. The van der Waals surface area contributed by atoms with Crippen LogP contribution >= 0.6 is 0 Å². The molecule has 0 bridgehead atoms. The highest BCUT2D eigenvalue weighted by Crippen LogP contribution is 2.41. The maximum atomic E-state index is 11.5. The van der Waals surface area contributed by atoms with Crippen molar-refractivity contribution in [3.63, 3.8) is 0 Å². The SMILES string of the molecule is CNC(=O)OCCN(C)Cc1cn(C2CCCCO2)nc1C1=CCC(COCCC2CCOCC2)(COCCC2CCOCC2)CC1. The molecule has 3 saturated heterocycles. The lowest BCUT2D eigenvalue weighted by Gasteiger charge is -2.36. The average molecular weight is 661 g/mol. The number of carbonyl (C=O) groups excluding carboxylic acids is 1. The summed E-state index contributed by atoms with van der Waals surface area (Å²) >= 11 is 0. The Kier molecular flexibility index (Phi) is 14.8. The molecule has 1 N–H and O–H groups in total. The molecule has 0 spiro atoms. The van der Waals surface area contributed by atoms with Crippen LogP contribution in [0.15, 0.2) is 12.3 Å². The number of alkyl carbamates (subject to hydrolysis) is 1. The van der Waals surface area contributed by atoms with Gasteiger partial charge in [0.1, 0.15) is 12.8 Å². The van der Waals surface area contributed by atoms with E-state index in [9.17, 15) is 4.79 Å². The van der Waals surface area contributed by atoms with Gasteiger partial charge in [-0.1, -0.05) is 6.08 Å². The third-order valence-electron chi connectivity index (χ3n) is 10.5. The molecule has 1 amide bonds. The van der Waals surface area contributed by atoms with Gasteiger partial charge in [-0.25, -0.2) is 9.48 Å². The Balaban J connectivity index is 1.23. The fraction of sp³-hybridized carbons (Fsp3) is 0.833. The van der Waals surface area contributed by atoms with Crippen molar-refractivity contribution in [1.82, 2.24) is 20.0 Å². The number of hydrogen-bond donors (Lipinski definition) is 1. The summed E-state index contributed by atoms with van der Waals surface area (Å²) in [6, 6.07) is 0. The van der Waals surface area contributed by atoms with E-state index in [1.807, 2.05) is 4.68 Å². The summed E-state index contributed by atoms with van der Waals surface area (Å²) in [7, 11) is 3.63. The summed E-state index contributed by atoms with van der Waals surface area (Å²) in [6.07, 6.45) is 17.0. The van der Waals surface area contributed by atoms with Crippen LogP contribution in [0.1, 0.15) is 94.5 Å². The van der Waals surface area contributed by atoms with Gasteiger partial charge >= 0.3 is 6.09 Å². The summed E-state index contributed by atoms with van der Waals surface area (Å²) in [4.78, 5) is 13.7. The summed E-state index contributed by atoms with van der Waals surface area (Å²) in [5, 5.41) is 7.66. The molecule has 1 aromatic heterocycles. The van der Waals surface area contributed by atoms with Gasteiger partial charge < -0.3 is 33.7 Å². The molecule has 0 radical (unpaired) electrons. The first-order valence-electron chi connectivity index (χ1n) is 18.3. The summed E-state index contributed by atoms with van der Waals surface area (Å²) in [6.45, 7) is 9.04. The van der Waals surface area contributed by atoms with Crippen LogP contribution in [0.4, 0.5) is 4.79 Å². The molecule has 266 valence electrons. The number of likely N-dealkylation sites (N-methyl/N-ethyl adjacent to an activating group) is 1. The second-order valence-electron chi connectivity index (χ2n) is 14.2. The smallest absolute Gasteiger partial charge is 0.406 e. The first-order valence-corrected chi connectivity index (χ1v) is 18.3. The molecule has 0 saturated carbocycles. The fourth-order valence-corrected chi connectivity index (χ4v) is 7.24. The molecule has 1 unspecified atom stereocenters. The number of nitrogens with one attached hydrogen (secondary N) is 1. The van der Waals surface area contributed by atoms with Crippen molar-refractivity contribution in [1.29, 1.82) is 0 Å². The van der Waals surface area contributed by atoms with E-state index in [2.05, 4.69) is 29.5 Å². The van der Waals surface area contributed by atoms with E-state index in [4.69, 9.17) is 33.5 Å². The molecule has 4 heterocycles. The topological polar surface area (TPSA) is 106 Å². The molecule has 3 aliphatic heterocycles. The molecule has 0 aromatic carbocycles. The van der Waals surface area contributed by atoms with Crippen LogP contribution in [-0.4, -0.2) is 107 Å². The molecule has 11 nitrogen and oxygen atoms in total. The Labute approximate surface area is 282 Å². The van der Waals surface area contributed by atoms with Gasteiger partial charge in [-0.2, -0.15) is 5.10 Å². The summed E-state index contributed by atoms with van der Waals surface area (Å²) < 4.78 is 37.4. The van der Waals surface area contributed by atoms with Crippen molar-refractivity contribution in [2.75, 3.05) is 86.7 Å². The number of aromatic nitrogens is 2. The predicted molar refractivity (Wildman–Crippen MR) is 180 cm³/mol. The number of nitrogens with zero attached hydrogens (tertiary/aromatic N) is 3. The van der Waals surface area contributed by atoms with E-state index < -0.39 is 6.09 Å². The first-order chi connectivity index (χ1) is 23.0. The average Bonchev–Trinajstić information content (AvgIpc) is 3.53. The van der Waals surface area contributed by atoms with Gasteiger partial charge in [0.25, 0.3) is 0 Å². The lowest BCUT2D eigenvalue weighted by atomic mass is 9.75. The van der Waals surface area contributed by atoms with Crippen LogP contribution in [0, 0.1) is 17.3 Å². The maximum Gasteiger partial charge on any atom is 0.406 e. The van der Waals surface area contributed by atoms with E-state index in [-0.39, 0.29) is 11.6 Å². The minimum Gasteiger partial charge on any atom is -0.448 e. The molecule has 3 fully saturated rings. The van der Waals surface area contributed by atoms with Gasteiger partial charge in [0.05, 0.1) is 18.9 Å². The van der Waals surface area contributed by atoms with Gasteiger partial charge in [0.15, 0.2) is 0 Å². The quantitative estimate of drug-likeness (QED) is 0.214. The zero-order valence-electron chi connectivity index (χ0n) is 29.1. The monoisotopic (exact) mass is 660 g/mol. The lowest BCUT2D eigenvalue weighted by molar-refractivity contribution is -0.0397. The van der Waals surface area contributed by atoms with Crippen LogP contribution in [0.5, 0.6) is 0 Å². The zero-order valence-corrected chi connectivity index (χ0v) is 29.1. The Hall–Kier alpha value is -2.02. The number of hydrogen-bond acceptors (Lipinski definition) is 9. The Morgan fingerprint density at radius 3 is 2.23 bits per heavy atom. The second kappa shape index (κ2) is 19.2. The van der Waals surface area contributed by atoms with Gasteiger partial charge in [0, 0.05) is 83.6 Å². The van der Waals surface area contributed by atoms with Crippen molar-refractivity contribution in [3.8, 4) is 0 Å². The maximum absolute atomic E-state index is 11.5. The van der Waals surface area contributed by atoms with Crippen molar-refractivity contribution in [2.24, 2.45) is 17.3 Å². The van der Waals surface area contributed by atoms with Gasteiger partial charge in [-0.05, 0) is 102 Å². The highest BCUT2D eigenvalue weighted by Gasteiger charge is 2.35. The van der Waals surface area contributed by atoms with Crippen LogP contribution in [0.25, 0.3) is 5.57 Å². The molecule has 4 aliphatic rings. The van der Waals surface area contributed by atoms with Gasteiger partial charge in [-0.15, -0.1) is 0 Å². The number of rotatable bonds is 17. The third kappa shape index (κ3) is 11.5. The van der Waals surface area contributed by atoms with Crippen molar-refractivity contribution in [3.05, 3.63) is 23.5 Å². The van der Waals surface area contributed by atoms with Crippen molar-refractivity contribution in [2.45, 2.75) is 89.8 Å².